The third kappa shape index (κ3) is 5.90. The summed E-state index contributed by atoms with van der Waals surface area (Å²) in [6.07, 6.45) is 5.35. The summed E-state index contributed by atoms with van der Waals surface area (Å²) in [5.74, 6) is 0.290. The first-order valence-electron chi connectivity index (χ1n) is 8.87. The Balaban J connectivity index is 1.97. The number of piperidine rings is 1. The van der Waals surface area contributed by atoms with Crippen LogP contribution in [0.15, 0.2) is 30.3 Å². The van der Waals surface area contributed by atoms with E-state index in [0.717, 1.165) is 51.6 Å². The summed E-state index contributed by atoms with van der Waals surface area (Å²) >= 11 is 0. The molecule has 0 bridgehead atoms. The molecule has 1 aliphatic heterocycles. The van der Waals surface area contributed by atoms with E-state index in [1.807, 2.05) is 29.4 Å². The second kappa shape index (κ2) is 9.40. The van der Waals surface area contributed by atoms with Crippen molar-refractivity contribution in [2.45, 2.75) is 51.5 Å². The van der Waals surface area contributed by atoms with Crippen molar-refractivity contribution in [3.8, 4) is 0 Å². The van der Waals surface area contributed by atoms with Crippen LogP contribution in [-0.2, 0) is 16.4 Å². The van der Waals surface area contributed by atoms with Gasteiger partial charge in [-0.15, -0.1) is 0 Å². The van der Waals surface area contributed by atoms with Crippen LogP contribution in [0.5, 0.6) is 0 Å². The van der Waals surface area contributed by atoms with Crippen molar-refractivity contribution in [2.75, 3.05) is 25.4 Å². The van der Waals surface area contributed by atoms with Crippen molar-refractivity contribution >= 4 is 10.0 Å². The van der Waals surface area contributed by atoms with Gasteiger partial charge in [0.05, 0.1) is 5.75 Å². The number of unbranched alkanes of at least 4 members (excludes halogenated alkanes) is 1. The van der Waals surface area contributed by atoms with E-state index in [-0.39, 0.29) is 6.04 Å². The zero-order valence-electron chi connectivity index (χ0n) is 14.2. The molecule has 1 aliphatic rings. The van der Waals surface area contributed by atoms with E-state index in [9.17, 15) is 8.42 Å². The van der Waals surface area contributed by atoms with Crippen LogP contribution in [0.3, 0.4) is 0 Å². The number of nitrogens with zero attached hydrogens (tertiary/aromatic N) is 1. The highest BCUT2D eigenvalue weighted by Crippen LogP contribution is 2.19. The van der Waals surface area contributed by atoms with E-state index < -0.39 is 10.0 Å². The number of rotatable bonds is 9. The number of hydrogen-bond donors (Lipinski definition) is 1. The molecule has 1 saturated heterocycles. The molecule has 0 amide bonds. The van der Waals surface area contributed by atoms with E-state index >= 15 is 0 Å². The van der Waals surface area contributed by atoms with Crippen molar-refractivity contribution < 1.29 is 8.42 Å². The van der Waals surface area contributed by atoms with Gasteiger partial charge in [-0.25, -0.2) is 8.42 Å². The minimum atomic E-state index is -3.13. The lowest BCUT2D eigenvalue weighted by Crippen LogP contribution is -2.47. The molecule has 1 aromatic rings. The molecule has 4 nitrogen and oxygen atoms in total. The quantitative estimate of drug-likeness (QED) is 0.753. The van der Waals surface area contributed by atoms with Gasteiger partial charge in [0.25, 0.3) is 0 Å². The van der Waals surface area contributed by atoms with Crippen molar-refractivity contribution in [2.24, 2.45) is 0 Å². The lowest BCUT2D eigenvalue weighted by molar-refractivity contribution is 0.260. The van der Waals surface area contributed by atoms with Crippen LogP contribution >= 0.6 is 0 Å². The Morgan fingerprint density at radius 1 is 1.13 bits per heavy atom. The molecule has 0 radical (unpaired) electrons. The van der Waals surface area contributed by atoms with Crippen LogP contribution in [0, 0.1) is 0 Å². The van der Waals surface area contributed by atoms with Gasteiger partial charge in [0.1, 0.15) is 0 Å². The Morgan fingerprint density at radius 2 is 1.83 bits per heavy atom. The lowest BCUT2D eigenvalue weighted by atomic mass is 10.1. The summed E-state index contributed by atoms with van der Waals surface area (Å²) < 4.78 is 27.3. The topological polar surface area (TPSA) is 49.4 Å². The molecular weight excluding hydrogens is 308 g/mol. The van der Waals surface area contributed by atoms with E-state index in [0.29, 0.717) is 12.3 Å². The molecule has 5 heteroatoms. The molecule has 0 aliphatic carbocycles. The number of benzene rings is 1. The SMILES string of the molecule is CCCCS(=O)(=O)N(CCCc1ccccc1)C1CCNCC1. The average molecular weight is 339 g/mol. The van der Waals surface area contributed by atoms with E-state index in [1.54, 1.807) is 0 Å². The molecule has 1 fully saturated rings. The van der Waals surface area contributed by atoms with Crippen LogP contribution in [0.4, 0.5) is 0 Å². The van der Waals surface area contributed by atoms with Gasteiger partial charge in [0, 0.05) is 12.6 Å². The maximum Gasteiger partial charge on any atom is 0.214 e. The molecule has 0 atom stereocenters. The van der Waals surface area contributed by atoms with Crippen LogP contribution in [0.1, 0.15) is 44.6 Å². The first-order valence-corrected chi connectivity index (χ1v) is 10.5. The molecule has 0 saturated carbocycles. The van der Waals surface area contributed by atoms with Gasteiger partial charge in [0.15, 0.2) is 0 Å². The number of nitrogens with one attached hydrogen (secondary N) is 1. The van der Waals surface area contributed by atoms with Gasteiger partial charge in [-0.2, -0.15) is 4.31 Å². The Hall–Kier alpha value is -0.910. The Labute approximate surface area is 141 Å². The summed E-state index contributed by atoms with van der Waals surface area (Å²) in [5.41, 5.74) is 1.28. The van der Waals surface area contributed by atoms with E-state index in [4.69, 9.17) is 0 Å². The number of sulfonamides is 1. The van der Waals surface area contributed by atoms with Crippen molar-refractivity contribution in [3.05, 3.63) is 35.9 Å². The summed E-state index contributed by atoms with van der Waals surface area (Å²) in [6, 6.07) is 10.5. The highest BCUT2D eigenvalue weighted by Gasteiger charge is 2.29. The van der Waals surface area contributed by atoms with Gasteiger partial charge in [-0.05, 0) is 50.8 Å². The Bertz CT molecular complexity index is 539. The fourth-order valence-corrected chi connectivity index (χ4v) is 5.13. The standard InChI is InChI=1S/C18H30N2O2S/c1-2-3-16-23(21,22)20(18-11-13-19-14-12-18)15-7-10-17-8-5-4-6-9-17/h4-6,8-9,18-19H,2-3,7,10-16H2,1H3. The summed E-state index contributed by atoms with van der Waals surface area (Å²) in [7, 11) is -3.13. The zero-order valence-corrected chi connectivity index (χ0v) is 15.0. The molecule has 1 heterocycles. The second-order valence-electron chi connectivity index (χ2n) is 6.35. The van der Waals surface area contributed by atoms with E-state index in [2.05, 4.69) is 17.4 Å². The molecule has 1 N–H and O–H groups in total. The molecule has 0 spiro atoms. The second-order valence-corrected chi connectivity index (χ2v) is 8.39. The van der Waals surface area contributed by atoms with Crippen molar-refractivity contribution in [1.29, 1.82) is 0 Å². The largest absolute Gasteiger partial charge is 0.317 e. The minimum Gasteiger partial charge on any atom is -0.317 e. The van der Waals surface area contributed by atoms with Gasteiger partial charge in [-0.3, -0.25) is 0 Å². The van der Waals surface area contributed by atoms with Gasteiger partial charge < -0.3 is 5.32 Å². The Morgan fingerprint density at radius 3 is 2.48 bits per heavy atom. The molecule has 1 aromatic carbocycles. The molecule has 0 unspecified atom stereocenters. The monoisotopic (exact) mass is 338 g/mol. The van der Waals surface area contributed by atoms with Gasteiger partial charge in [-0.1, -0.05) is 43.7 Å². The van der Waals surface area contributed by atoms with Gasteiger partial charge in [0.2, 0.25) is 10.0 Å². The first kappa shape index (κ1) is 18.4. The van der Waals surface area contributed by atoms with Crippen LogP contribution in [0.2, 0.25) is 0 Å². The molecule has 0 aromatic heterocycles. The number of aryl methyl sites for hydroxylation is 1. The predicted molar refractivity (Wildman–Crippen MR) is 96.1 cm³/mol. The van der Waals surface area contributed by atoms with E-state index in [1.165, 1.54) is 5.56 Å². The first-order chi connectivity index (χ1) is 11.1. The molecular formula is C18H30N2O2S. The predicted octanol–water partition coefficient (Wildman–Crippen LogP) is 2.80. The smallest absolute Gasteiger partial charge is 0.214 e. The fraction of sp³-hybridized carbons (Fsp3) is 0.667. The zero-order chi connectivity index (χ0) is 16.5. The maximum absolute atomic E-state index is 12.7. The van der Waals surface area contributed by atoms with Crippen molar-refractivity contribution in [1.82, 2.24) is 9.62 Å². The van der Waals surface area contributed by atoms with Crippen LogP contribution in [-0.4, -0.2) is 44.2 Å². The third-order valence-electron chi connectivity index (χ3n) is 4.52. The Kier molecular flexibility index (Phi) is 7.53. The normalized spacial score (nSPS) is 16.8. The minimum absolute atomic E-state index is 0.175. The highest BCUT2D eigenvalue weighted by atomic mass is 32.2. The van der Waals surface area contributed by atoms with Gasteiger partial charge >= 0.3 is 0 Å². The highest BCUT2D eigenvalue weighted by molar-refractivity contribution is 7.89. The molecule has 23 heavy (non-hydrogen) atoms. The van der Waals surface area contributed by atoms with Crippen LogP contribution < -0.4 is 5.32 Å². The number of hydrogen-bond acceptors (Lipinski definition) is 3. The lowest BCUT2D eigenvalue weighted by Gasteiger charge is -2.34. The third-order valence-corrected chi connectivity index (χ3v) is 6.52. The summed E-state index contributed by atoms with van der Waals surface area (Å²) in [5, 5.41) is 3.32. The van der Waals surface area contributed by atoms with Crippen LogP contribution in [0.25, 0.3) is 0 Å². The molecule has 2 rings (SSSR count). The average Bonchev–Trinajstić information content (AvgIpc) is 2.58. The molecule has 130 valence electrons. The van der Waals surface area contributed by atoms with Crippen molar-refractivity contribution in [3.63, 3.8) is 0 Å². The summed E-state index contributed by atoms with van der Waals surface area (Å²) in [6.45, 7) is 4.53. The fourth-order valence-electron chi connectivity index (χ4n) is 3.17. The summed E-state index contributed by atoms with van der Waals surface area (Å²) in [4.78, 5) is 0. The maximum atomic E-state index is 12.7.